The number of hydrogen-bond donors (Lipinski definition) is 1. The summed E-state index contributed by atoms with van der Waals surface area (Å²) in [6.07, 6.45) is 1.78. The first kappa shape index (κ1) is 13.9. The average molecular weight is 319 g/mol. The van der Waals surface area contributed by atoms with Gasteiger partial charge in [0.1, 0.15) is 5.75 Å². The van der Waals surface area contributed by atoms with Crippen LogP contribution in [0.1, 0.15) is 0 Å². The summed E-state index contributed by atoms with van der Waals surface area (Å²) in [5, 5.41) is 4.43. The van der Waals surface area contributed by atoms with Crippen molar-refractivity contribution in [1.29, 1.82) is 0 Å². The summed E-state index contributed by atoms with van der Waals surface area (Å²) in [5.74, 6) is 0.388. The summed E-state index contributed by atoms with van der Waals surface area (Å²) in [5.41, 5.74) is 0.729. The molecule has 0 atom stereocenters. The largest absolute Gasteiger partial charge is 0.484 e. The van der Waals surface area contributed by atoms with E-state index in [2.05, 4.69) is 9.69 Å². The summed E-state index contributed by atoms with van der Waals surface area (Å²) in [6.45, 7) is -0.0540. The number of halogens is 1. The van der Waals surface area contributed by atoms with Gasteiger partial charge in [-0.15, -0.1) is 0 Å². The average Bonchev–Trinajstić information content (AvgIpc) is 2.94. The fraction of sp³-hybridized carbons (Fsp3) is 0.0667. The molecule has 0 aliphatic carbocycles. The number of amides is 1. The molecule has 3 aromatic rings. The highest BCUT2D eigenvalue weighted by Crippen LogP contribution is 2.22. The van der Waals surface area contributed by atoms with Crippen LogP contribution in [-0.2, 0) is 4.79 Å². The third kappa shape index (κ3) is 3.51. The number of carbonyl (C=O) groups is 1. The molecule has 6 heteroatoms. The molecule has 1 heterocycles. The summed E-state index contributed by atoms with van der Waals surface area (Å²) >= 11 is 7.21. The SMILES string of the molecule is O=C(COc1ccc(Cl)cc1)Nc1ccc2sncc2c1. The van der Waals surface area contributed by atoms with Gasteiger partial charge in [-0.1, -0.05) is 11.6 Å². The molecule has 0 aliphatic rings. The van der Waals surface area contributed by atoms with Crippen molar-refractivity contribution < 1.29 is 9.53 Å². The minimum absolute atomic E-state index is 0.0540. The Bertz CT molecular complexity index is 771. The molecule has 3 rings (SSSR count). The van der Waals surface area contributed by atoms with Crippen LogP contribution in [0.15, 0.2) is 48.7 Å². The molecule has 1 aromatic heterocycles. The van der Waals surface area contributed by atoms with Gasteiger partial charge in [-0.25, -0.2) is 0 Å². The normalized spacial score (nSPS) is 10.5. The predicted octanol–water partition coefficient (Wildman–Crippen LogP) is 3.97. The second-order valence-corrected chi connectivity index (χ2v) is 5.64. The van der Waals surface area contributed by atoms with Crippen molar-refractivity contribution >= 4 is 44.8 Å². The van der Waals surface area contributed by atoms with E-state index in [-0.39, 0.29) is 12.5 Å². The van der Waals surface area contributed by atoms with E-state index in [4.69, 9.17) is 16.3 Å². The van der Waals surface area contributed by atoms with Crippen LogP contribution in [0, 0.1) is 0 Å². The van der Waals surface area contributed by atoms with E-state index >= 15 is 0 Å². The number of aromatic nitrogens is 1. The van der Waals surface area contributed by atoms with Crippen LogP contribution < -0.4 is 10.1 Å². The lowest BCUT2D eigenvalue weighted by Gasteiger charge is -2.07. The summed E-state index contributed by atoms with van der Waals surface area (Å²) in [7, 11) is 0. The molecular weight excluding hydrogens is 308 g/mol. The zero-order valence-electron chi connectivity index (χ0n) is 10.9. The highest BCUT2D eigenvalue weighted by atomic mass is 35.5. The van der Waals surface area contributed by atoms with Crippen molar-refractivity contribution in [1.82, 2.24) is 4.37 Å². The predicted molar refractivity (Wildman–Crippen MR) is 85.2 cm³/mol. The maximum absolute atomic E-state index is 11.9. The minimum atomic E-state index is -0.215. The van der Waals surface area contributed by atoms with Gasteiger partial charge >= 0.3 is 0 Å². The molecule has 0 unspecified atom stereocenters. The topological polar surface area (TPSA) is 51.2 Å². The third-order valence-corrected chi connectivity index (χ3v) is 3.85. The van der Waals surface area contributed by atoms with E-state index in [0.717, 1.165) is 15.8 Å². The van der Waals surface area contributed by atoms with E-state index < -0.39 is 0 Å². The van der Waals surface area contributed by atoms with Crippen LogP contribution in [0.2, 0.25) is 5.02 Å². The van der Waals surface area contributed by atoms with Gasteiger partial charge < -0.3 is 10.1 Å². The van der Waals surface area contributed by atoms with Gasteiger partial charge in [0.05, 0.1) is 4.70 Å². The Morgan fingerprint density at radius 3 is 2.86 bits per heavy atom. The number of fused-ring (bicyclic) bond motifs is 1. The summed E-state index contributed by atoms with van der Waals surface area (Å²) < 4.78 is 10.6. The number of anilines is 1. The minimum Gasteiger partial charge on any atom is -0.484 e. The first-order valence-electron chi connectivity index (χ1n) is 6.23. The second-order valence-electron chi connectivity index (χ2n) is 4.37. The van der Waals surface area contributed by atoms with E-state index in [9.17, 15) is 4.79 Å². The van der Waals surface area contributed by atoms with Crippen molar-refractivity contribution in [2.24, 2.45) is 0 Å². The number of carbonyl (C=O) groups excluding carboxylic acids is 1. The van der Waals surface area contributed by atoms with Gasteiger partial charge in [0.2, 0.25) is 0 Å². The van der Waals surface area contributed by atoms with Gasteiger partial charge in [0, 0.05) is 22.3 Å². The number of hydrogen-bond acceptors (Lipinski definition) is 4. The van der Waals surface area contributed by atoms with Crippen molar-refractivity contribution in [3.8, 4) is 5.75 Å². The molecule has 0 saturated carbocycles. The van der Waals surface area contributed by atoms with Gasteiger partial charge in [-0.3, -0.25) is 4.79 Å². The lowest BCUT2D eigenvalue weighted by atomic mass is 10.2. The van der Waals surface area contributed by atoms with Crippen LogP contribution >= 0.6 is 23.1 Å². The van der Waals surface area contributed by atoms with Crippen LogP contribution in [0.3, 0.4) is 0 Å². The molecule has 4 nitrogen and oxygen atoms in total. The molecule has 0 fully saturated rings. The van der Waals surface area contributed by atoms with Crippen LogP contribution in [0.25, 0.3) is 10.1 Å². The zero-order valence-corrected chi connectivity index (χ0v) is 12.4. The highest BCUT2D eigenvalue weighted by Gasteiger charge is 2.05. The molecule has 106 valence electrons. The molecule has 0 aliphatic heterocycles. The number of ether oxygens (including phenoxy) is 1. The first-order valence-corrected chi connectivity index (χ1v) is 7.38. The smallest absolute Gasteiger partial charge is 0.262 e. The van der Waals surface area contributed by atoms with Crippen molar-refractivity contribution in [3.05, 3.63) is 53.7 Å². The van der Waals surface area contributed by atoms with Gasteiger partial charge in [0.25, 0.3) is 5.91 Å². The Morgan fingerprint density at radius 2 is 2.05 bits per heavy atom. The van der Waals surface area contributed by atoms with E-state index in [1.165, 1.54) is 11.5 Å². The van der Waals surface area contributed by atoms with Crippen LogP contribution in [-0.4, -0.2) is 16.9 Å². The van der Waals surface area contributed by atoms with E-state index in [1.807, 2.05) is 18.2 Å². The molecule has 0 spiro atoms. The number of nitrogens with one attached hydrogen (secondary N) is 1. The molecule has 21 heavy (non-hydrogen) atoms. The Hall–Kier alpha value is -2.11. The Kier molecular flexibility index (Phi) is 4.03. The monoisotopic (exact) mass is 318 g/mol. The fourth-order valence-electron chi connectivity index (χ4n) is 1.83. The van der Waals surface area contributed by atoms with Crippen molar-refractivity contribution in [2.75, 3.05) is 11.9 Å². The molecule has 2 aromatic carbocycles. The second kappa shape index (κ2) is 6.11. The number of nitrogens with zero attached hydrogens (tertiary/aromatic N) is 1. The summed E-state index contributed by atoms with van der Waals surface area (Å²) in [6, 6.07) is 12.5. The van der Waals surface area contributed by atoms with Gasteiger partial charge in [-0.05, 0) is 54.0 Å². The molecule has 1 amide bonds. The fourth-order valence-corrected chi connectivity index (χ4v) is 2.58. The molecule has 0 saturated heterocycles. The van der Waals surface area contributed by atoms with Crippen LogP contribution in [0.5, 0.6) is 5.75 Å². The molecule has 0 bridgehead atoms. The van der Waals surface area contributed by atoms with E-state index in [0.29, 0.717) is 10.8 Å². The quantitative estimate of drug-likeness (QED) is 0.792. The Morgan fingerprint density at radius 1 is 1.24 bits per heavy atom. The standard InChI is InChI=1S/C15H11ClN2O2S/c16-11-1-4-13(5-2-11)20-9-15(19)18-12-3-6-14-10(7-12)8-17-21-14/h1-8H,9H2,(H,18,19). The Labute approximate surface area is 130 Å². The van der Waals surface area contributed by atoms with Gasteiger partial charge in [0.15, 0.2) is 6.61 Å². The highest BCUT2D eigenvalue weighted by molar-refractivity contribution is 7.13. The van der Waals surface area contributed by atoms with Crippen LogP contribution in [0.4, 0.5) is 5.69 Å². The van der Waals surface area contributed by atoms with E-state index in [1.54, 1.807) is 30.5 Å². The lowest BCUT2D eigenvalue weighted by molar-refractivity contribution is -0.118. The van der Waals surface area contributed by atoms with Gasteiger partial charge in [-0.2, -0.15) is 4.37 Å². The number of rotatable bonds is 4. The van der Waals surface area contributed by atoms with Crippen molar-refractivity contribution in [3.63, 3.8) is 0 Å². The zero-order chi connectivity index (χ0) is 14.7. The lowest BCUT2D eigenvalue weighted by Crippen LogP contribution is -2.20. The Balaban J connectivity index is 1.59. The third-order valence-electron chi connectivity index (χ3n) is 2.82. The maximum atomic E-state index is 11.9. The molecule has 0 radical (unpaired) electrons. The van der Waals surface area contributed by atoms with Crippen molar-refractivity contribution in [2.45, 2.75) is 0 Å². The maximum Gasteiger partial charge on any atom is 0.262 e. The first-order chi connectivity index (χ1) is 10.2. The molecule has 1 N–H and O–H groups in total. The number of benzene rings is 2. The summed E-state index contributed by atoms with van der Waals surface area (Å²) in [4.78, 5) is 11.9. The molecular formula is C15H11ClN2O2S.